The smallest absolute Gasteiger partial charge is 0.259 e. The van der Waals surface area contributed by atoms with Crippen molar-refractivity contribution in [3.8, 4) is 0 Å². The minimum absolute atomic E-state index is 0.000865. The van der Waals surface area contributed by atoms with Crippen molar-refractivity contribution in [2.75, 3.05) is 29.9 Å². The second kappa shape index (κ2) is 7.58. The molecule has 0 radical (unpaired) electrons. The van der Waals surface area contributed by atoms with E-state index in [9.17, 15) is 13.2 Å². The number of anilines is 2. The second-order valence-corrected chi connectivity index (χ2v) is 9.73. The average Bonchev–Trinajstić information content (AvgIpc) is 3.60. The monoisotopic (exact) mass is 437 g/mol. The Bertz CT molecular complexity index is 1270. The first-order valence-corrected chi connectivity index (χ1v) is 11.8. The molecule has 1 fully saturated rings. The highest BCUT2D eigenvalue weighted by Gasteiger charge is 2.30. The minimum atomic E-state index is -3.65. The van der Waals surface area contributed by atoms with Crippen LogP contribution in [-0.2, 0) is 10.0 Å². The Kier molecular flexibility index (Phi) is 4.86. The molecule has 0 atom stereocenters. The molecule has 5 rings (SSSR count). The maximum atomic E-state index is 13.5. The van der Waals surface area contributed by atoms with Gasteiger partial charge in [0.1, 0.15) is 0 Å². The zero-order valence-corrected chi connectivity index (χ0v) is 18.0. The summed E-state index contributed by atoms with van der Waals surface area (Å²) in [5.74, 6) is 0.849. The zero-order valence-electron chi connectivity index (χ0n) is 17.2. The molecular weight excluding hydrogens is 414 g/mol. The van der Waals surface area contributed by atoms with Crippen LogP contribution in [0.15, 0.2) is 53.4 Å². The summed E-state index contributed by atoms with van der Waals surface area (Å²) in [5.41, 5.74) is 1.78. The van der Waals surface area contributed by atoms with Crippen LogP contribution >= 0.6 is 0 Å². The first-order chi connectivity index (χ1) is 14.9. The summed E-state index contributed by atoms with van der Waals surface area (Å²) in [5, 5.41) is 0. The van der Waals surface area contributed by atoms with Crippen LogP contribution in [0.2, 0.25) is 0 Å². The number of amides is 1. The third kappa shape index (κ3) is 3.86. The standard InChI is InChI=1S/C22H23N5O3S/c1-26-12-5-13-27(21-20(26)23-18-8-2-3-9-19(18)24-21)22(28)15-6-4-7-17(14-15)31(29,30)25-16-10-11-16/h2-4,6-9,14,16,25H,5,10-13H2,1H3. The molecule has 1 N–H and O–H groups in total. The number of fused-ring (bicyclic) bond motifs is 2. The molecule has 8 nitrogen and oxygen atoms in total. The van der Waals surface area contributed by atoms with Crippen LogP contribution in [0.3, 0.4) is 0 Å². The molecule has 2 aromatic carbocycles. The average molecular weight is 438 g/mol. The minimum Gasteiger partial charge on any atom is -0.357 e. The van der Waals surface area contributed by atoms with Crippen molar-refractivity contribution in [2.45, 2.75) is 30.2 Å². The van der Waals surface area contributed by atoms with Gasteiger partial charge in [0.2, 0.25) is 10.0 Å². The van der Waals surface area contributed by atoms with Crippen molar-refractivity contribution >= 4 is 38.6 Å². The van der Waals surface area contributed by atoms with Gasteiger partial charge in [-0.3, -0.25) is 9.69 Å². The van der Waals surface area contributed by atoms with E-state index in [1.54, 1.807) is 17.0 Å². The van der Waals surface area contributed by atoms with Crippen LogP contribution in [0, 0.1) is 0 Å². The highest BCUT2D eigenvalue weighted by Crippen LogP contribution is 2.31. The largest absolute Gasteiger partial charge is 0.357 e. The quantitative estimate of drug-likeness (QED) is 0.674. The lowest BCUT2D eigenvalue weighted by molar-refractivity contribution is 0.0986. The molecular formula is C22H23N5O3S. The number of nitrogens with zero attached hydrogens (tertiary/aromatic N) is 4. The SMILES string of the molecule is CN1CCCN(C(=O)c2cccc(S(=O)(=O)NC3CC3)c2)c2nc3ccccc3nc21. The summed E-state index contributed by atoms with van der Waals surface area (Å²) in [6, 6.07) is 13.8. The van der Waals surface area contributed by atoms with Gasteiger partial charge in [-0.2, -0.15) is 0 Å². The zero-order chi connectivity index (χ0) is 21.6. The van der Waals surface area contributed by atoms with E-state index in [4.69, 9.17) is 9.97 Å². The van der Waals surface area contributed by atoms with Crippen LogP contribution in [0.1, 0.15) is 29.6 Å². The molecule has 0 saturated heterocycles. The van der Waals surface area contributed by atoms with Gasteiger partial charge in [0.05, 0.1) is 15.9 Å². The Hall–Kier alpha value is -3.04. The third-order valence-electron chi connectivity index (χ3n) is 5.56. The van der Waals surface area contributed by atoms with Gasteiger partial charge in [0.15, 0.2) is 11.6 Å². The number of sulfonamides is 1. The fraction of sp³-hybridized carbons (Fsp3) is 0.318. The predicted molar refractivity (Wildman–Crippen MR) is 119 cm³/mol. The van der Waals surface area contributed by atoms with E-state index >= 15 is 0 Å². The number of rotatable bonds is 4. The van der Waals surface area contributed by atoms with Gasteiger partial charge in [-0.1, -0.05) is 18.2 Å². The predicted octanol–water partition coefficient (Wildman–Crippen LogP) is 2.56. The summed E-state index contributed by atoms with van der Waals surface area (Å²) in [6.07, 6.45) is 2.45. The van der Waals surface area contributed by atoms with Crippen molar-refractivity contribution in [3.63, 3.8) is 0 Å². The van der Waals surface area contributed by atoms with Crippen LogP contribution in [0.25, 0.3) is 11.0 Å². The summed E-state index contributed by atoms with van der Waals surface area (Å²) in [6.45, 7) is 1.21. The number of carbonyl (C=O) groups is 1. The summed E-state index contributed by atoms with van der Waals surface area (Å²) < 4.78 is 27.9. The van der Waals surface area contributed by atoms with Gasteiger partial charge < -0.3 is 4.90 Å². The molecule has 1 aliphatic heterocycles. The summed E-state index contributed by atoms with van der Waals surface area (Å²) >= 11 is 0. The van der Waals surface area contributed by atoms with Gasteiger partial charge in [0, 0.05) is 31.7 Å². The Morgan fingerprint density at radius 1 is 1.00 bits per heavy atom. The van der Waals surface area contributed by atoms with Crippen molar-refractivity contribution < 1.29 is 13.2 Å². The molecule has 1 aliphatic carbocycles. The molecule has 0 bridgehead atoms. The molecule has 2 heterocycles. The van der Waals surface area contributed by atoms with E-state index in [0.717, 1.165) is 31.3 Å². The number of para-hydroxylation sites is 2. The van der Waals surface area contributed by atoms with Crippen molar-refractivity contribution in [1.29, 1.82) is 0 Å². The Morgan fingerprint density at radius 2 is 1.71 bits per heavy atom. The lowest BCUT2D eigenvalue weighted by Crippen LogP contribution is -2.33. The maximum Gasteiger partial charge on any atom is 0.259 e. The third-order valence-corrected chi connectivity index (χ3v) is 7.08. The van der Waals surface area contributed by atoms with Crippen molar-refractivity contribution in [2.24, 2.45) is 0 Å². The van der Waals surface area contributed by atoms with Crippen molar-refractivity contribution in [1.82, 2.24) is 14.7 Å². The van der Waals surface area contributed by atoms with E-state index in [0.29, 0.717) is 29.3 Å². The van der Waals surface area contributed by atoms with Gasteiger partial charge in [0.25, 0.3) is 5.91 Å². The van der Waals surface area contributed by atoms with Gasteiger partial charge >= 0.3 is 0 Å². The first kappa shape index (κ1) is 19.9. The summed E-state index contributed by atoms with van der Waals surface area (Å²) in [4.78, 5) is 26.7. The first-order valence-electron chi connectivity index (χ1n) is 10.3. The molecule has 31 heavy (non-hydrogen) atoms. The molecule has 2 aliphatic rings. The fourth-order valence-electron chi connectivity index (χ4n) is 3.73. The number of hydrogen-bond acceptors (Lipinski definition) is 6. The number of benzene rings is 2. The number of hydrogen-bond donors (Lipinski definition) is 1. The Labute approximate surface area is 181 Å². The summed E-state index contributed by atoms with van der Waals surface area (Å²) in [7, 11) is -1.71. The number of aromatic nitrogens is 2. The highest BCUT2D eigenvalue weighted by atomic mass is 32.2. The Morgan fingerprint density at radius 3 is 2.42 bits per heavy atom. The lowest BCUT2D eigenvalue weighted by atomic mass is 10.2. The molecule has 1 amide bonds. The maximum absolute atomic E-state index is 13.5. The Balaban J connectivity index is 1.54. The second-order valence-electron chi connectivity index (χ2n) is 8.01. The van der Waals surface area contributed by atoms with E-state index in [2.05, 4.69) is 4.72 Å². The van der Waals surface area contributed by atoms with Crippen LogP contribution in [-0.4, -0.2) is 50.5 Å². The van der Waals surface area contributed by atoms with E-state index in [1.165, 1.54) is 12.1 Å². The molecule has 160 valence electrons. The molecule has 1 aromatic heterocycles. The molecule has 0 spiro atoms. The molecule has 3 aromatic rings. The van der Waals surface area contributed by atoms with E-state index < -0.39 is 10.0 Å². The van der Waals surface area contributed by atoms with Gasteiger partial charge in [-0.05, 0) is 49.6 Å². The van der Waals surface area contributed by atoms with Crippen LogP contribution in [0.4, 0.5) is 11.6 Å². The molecule has 0 unspecified atom stereocenters. The molecule has 1 saturated carbocycles. The normalized spacial score (nSPS) is 16.8. The van der Waals surface area contributed by atoms with Crippen LogP contribution in [0.5, 0.6) is 0 Å². The van der Waals surface area contributed by atoms with Gasteiger partial charge in [-0.25, -0.2) is 23.1 Å². The van der Waals surface area contributed by atoms with E-state index in [1.807, 2.05) is 36.2 Å². The van der Waals surface area contributed by atoms with E-state index in [-0.39, 0.29) is 16.8 Å². The van der Waals surface area contributed by atoms with Crippen LogP contribution < -0.4 is 14.5 Å². The highest BCUT2D eigenvalue weighted by molar-refractivity contribution is 7.89. The molecule has 9 heteroatoms. The number of carbonyl (C=O) groups excluding carboxylic acids is 1. The van der Waals surface area contributed by atoms with Gasteiger partial charge in [-0.15, -0.1) is 0 Å². The number of nitrogens with one attached hydrogen (secondary N) is 1. The van der Waals surface area contributed by atoms with Crippen molar-refractivity contribution in [3.05, 3.63) is 54.1 Å². The topological polar surface area (TPSA) is 95.5 Å². The lowest BCUT2D eigenvalue weighted by Gasteiger charge is -2.23. The fourth-order valence-corrected chi connectivity index (χ4v) is 5.09.